The smallest absolute Gasteiger partial charge is 0.309 e. The van der Waals surface area contributed by atoms with Crippen LogP contribution >= 0.6 is 0 Å². The fourth-order valence-corrected chi connectivity index (χ4v) is 1.26. The molecule has 2 aliphatic rings. The van der Waals surface area contributed by atoms with Crippen LogP contribution in [-0.2, 0) is 14.3 Å². The summed E-state index contributed by atoms with van der Waals surface area (Å²) in [5, 5.41) is 0. The van der Waals surface area contributed by atoms with Crippen molar-refractivity contribution in [2.24, 2.45) is 5.92 Å². The summed E-state index contributed by atoms with van der Waals surface area (Å²) in [6, 6.07) is 0. The van der Waals surface area contributed by atoms with Gasteiger partial charge in [-0.3, -0.25) is 4.79 Å². The Hall–Kier alpha value is -0.570. The second kappa shape index (κ2) is 1.95. The second-order valence-electron chi connectivity index (χ2n) is 2.98. The molecule has 2 rings (SSSR count). The van der Waals surface area contributed by atoms with Crippen molar-refractivity contribution in [1.82, 2.24) is 0 Å². The van der Waals surface area contributed by atoms with Gasteiger partial charge < -0.3 is 9.47 Å². The Morgan fingerprint density at radius 3 is 2.60 bits per heavy atom. The summed E-state index contributed by atoms with van der Waals surface area (Å²) in [7, 11) is 0. The van der Waals surface area contributed by atoms with Gasteiger partial charge in [0.25, 0.3) is 0 Å². The standard InChI is InChI=1S/C7H10O3/c1-4-2-5(6-3-9-6)10-7(4)8/h4-6H,2-3H2,1H3. The summed E-state index contributed by atoms with van der Waals surface area (Å²) in [5.41, 5.74) is 0. The lowest BCUT2D eigenvalue weighted by atomic mass is 10.1. The van der Waals surface area contributed by atoms with E-state index in [9.17, 15) is 4.79 Å². The van der Waals surface area contributed by atoms with Crippen LogP contribution in [0.15, 0.2) is 0 Å². The molecule has 0 N–H and O–H groups in total. The van der Waals surface area contributed by atoms with E-state index in [0.29, 0.717) is 0 Å². The Bertz CT molecular complexity index is 162. The van der Waals surface area contributed by atoms with Crippen LogP contribution < -0.4 is 0 Å². The molecule has 0 saturated carbocycles. The number of carbonyl (C=O) groups excluding carboxylic acids is 1. The molecule has 0 radical (unpaired) electrons. The van der Waals surface area contributed by atoms with Gasteiger partial charge in [0.05, 0.1) is 12.5 Å². The highest BCUT2D eigenvalue weighted by atomic mass is 16.6. The van der Waals surface area contributed by atoms with Gasteiger partial charge in [0.1, 0.15) is 12.2 Å². The van der Waals surface area contributed by atoms with Gasteiger partial charge in [-0.25, -0.2) is 0 Å². The number of ether oxygens (including phenoxy) is 2. The molecule has 2 heterocycles. The van der Waals surface area contributed by atoms with E-state index in [4.69, 9.17) is 9.47 Å². The molecule has 0 amide bonds. The fraction of sp³-hybridized carbons (Fsp3) is 0.857. The molecule has 0 aliphatic carbocycles. The Labute approximate surface area is 59.3 Å². The molecule has 0 spiro atoms. The summed E-state index contributed by atoms with van der Waals surface area (Å²) < 4.78 is 10.0. The van der Waals surface area contributed by atoms with E-state index in [1.54, 1.807) is 0 Å². The first-order chi connectivity index (χ1) is 4.77. The molecule has 3 atom stereocenters. The molecule has 3 unspecified atom stereocenters. The van der Waals surface area contributed by atoms with Crippen molar-refractivity contribution < 1.29 is 14.3 Å². The van der Waals surface area contributed by atoms with Crippen molar-refractivity contribution >= 4 is 5.97 Å². The number of esters is 1. The Kier molecular flexibility index (Phi) is 1.20. The molecule has 3 heteroatoms. The van der Waals surface area contributed by atoms with Gasteiger partial charge in [-0.15, -0.1) is 0 Å². The predicted octanol–water partition coefficient (Wildman–Crippen LogP) is 0.337. The number of hydrogen-bond donors (Lipinski definition) is 0. The van der Waals surface area contributed by atoms with Crippen LogP contribution in [0, 0.1) is 5.92 Å². The number of hydrogen-bond acceptors (Lipinski definition) is 3. The van der Waals surface area contributed by atoms with Crippen molar-refractivity contribution in [3.8, 4) is 0 Å². The quantitative estimate of drug-likeness (QED) is 0.391. The van der Waals surface area contributed by atoms with E-state index in [1.807, 2.05) is 6.92 Å². The third kappa shape index (κ3) is 0.904. The first-order valence-corrected chi connectivity index (χ1v) is 3.59. The SMILES string of the molecule is CC1CC(C2CO2)OC1=O. The topological polar surface area (TPSA) is 38.8 Å². The molecule has 2 aliphatic heterocycles. The van der Waals surface area contributed by atoms with Gasteiger partial charge in [0.2, 0.25) is 0 Å². The molecule has 0 aromatic heterocycles. The van der Waals surface area contributed by atoms with Gasteiger partial charge in [-0.1, -0.05) is 6.92 Å². The molecule has 2 fully saturated rings. The Balaban J connectivity index is 1.97. The number of carbonyl (C=O) groups is 1. The summed E-state index contributed by atoms with van der Waals surface area (Å²) in [5.74, 6) is 0.00898. The number of cyclic esters (lactones) is 1. The van der Waals surface area contributed by atoms with E-state index < -0.39 is 0 Å². The van der Waals surface area contributed by atoms with E-state index in [1.165, 1.54) is 0 Å². The van der Waals surface area contributed by atoms with Gasteiger partial charge in [-0.05, 0) is 0 Å². The van der Waals surface area contributed by atoms with Crippen LogP contribution in [0.5, 0.6) is 0 Å². The predicted molar refractivity (Wildman–Crippen MR) is 33.4 cm³/mol. The van der Waals surface area contributed by atoms with Crippen LogP contribution in [0.1, 0.15) is 13.3 Å². The highest BCUT2D eigenvalue weighted by Gasteiger charge is 2.42. The minimum Gasteiger partial charge on any atom is -0.459 e. The lowest BCUT2D eigenvalue weighted by Crippen LogP contribution is -2.13. The zero-order valence-electron chi connectivity index (χ0n) is 5.87. The molecule has 0 bridgehead atoms. The van der Waals surface area contributed by atoms with Gasteiger partial charge in [-0.2, -0.15) is 0 Å². The Morgan fingerprint density at radius 1 is 1.50 bits per heavy atom. The van der Waals surface area contributed by atoms with E-state index in [2.05, 4.69) is 0 Å². The summed E-state index contributed by atoms with van der Waals surface area (Å²) in [6.45, 7) is 2.66. The zero-order chi connectivity index (χ0) is 7.14. The largest absolute Gasteiger partial charge is 0.459 e. The molecule has 10 heavy (non-hydrogen) atoms. The van der Waals surface area contributed by atoms with Gasteiger partial charge in [0.15, 0.2) is 0 Å². The maximum atomic E-state index is 10.8. The monoisotopic (exact) mass is 142 g/mol. The lowest BCUT2D eigenvalue weighted by molar-refractivity contribution is -0.144. The van der Waals surface area contributed by atoms with Crippen molar-refractivity contribution in [1.29, 1.82) is 0 Å². The van der Waals surface area contributed by atoms with Crippen LogP contribution in [0.2, 0.25) is 0 Å². The maximum absolute atomic E-state index is 10.8. The molecule has 0 aromatic carbocycles. The van der Waals surface area contributed by atoms with E-state index in [-0.39, 0.29) is 24.1 Å². The number of epoxide rings is 1. The van der Waals surface area contributed by atoms with Crippen LogP contribution in [-0.4, -0.2) is 24.8 Å². The minimum atomic E-state index is -0.0690. The Morgan fingerprint density at radius 2 is 2.20 bits per heavy atom. The average Bonchev–Trinajstić information content (AvgIpc) is 2.64. The summed E-state index contributed by atoms with van der Waals surface area (Å²) in [6.07, 6.45) is 1.11. The second-order valence-corrected chi connectivity index (χ2v) is 2.98. The fourth-order valence-electron chi connectivity index (χ4n) is 1.26. The first-order valence-electron chi connectivity index (χ1n) is 3.59. The molecule has 2 saturated heterocycles. The van der Waals surface area contributed by atoms with Crippen molar-refractivity contribution in [3.63, 3.8) is 0 Å². The normalized spacial score (nSPS) is 45.3. The van der Waals surface area contributed by atoms with Crippen LogP contribution in [0.4, 0.5) is 0 Å². The highest BCUT2D eigenvalue weighted by Crippen LogP contribution is 2.29. The van der Waals surface area contributed by atoms with Crippen molar-refractivity contribution in [2.45, 2.75) is 25.6 Å². The van der Waals surface area contributed by atoms with Crippen LogP contribution in [0.25, 0.3) is 0 Å². The van der Waals surface area contributed by atoms with E-state index >= 15 is 0 Å². The maximum Gasteiger partial charge on any atom is 0.309 e. The first kappa shape index (κ1) is 6.16. The summed E-state index contributed by atoms with van der Waals surface area (Å²) >= 11 is 0. The third-order valence-corrected chi connectivity index (χ3v) is 2.03. The lowest BCUT2D eigenvalue weighted by Gasteiger charge is -2.01. The molecule has 3 nitrogen and oxygen atoms in total. The zero-order valence-corrected chi connectivity index (χ0v) is 5.87. The van der Waals surface area contributed by atoms with Gasteiger partial charge >= 0.3 is 5.97 Å². The summed E-state index contributed by atoms with van der Waals surface area (Å²) in [4.78, 5) is 10.8. The molecular weight excluding hydrogens is 132 g/mol. The highest BCUT2D eigenvalue weighted by molar-refractivity contribution is 5.74. The van der Waals surface area contributed by atoms with Crippen molar-refractivity contribution in [3.05, 3.63) is 0 Å². The van der Waals surface area contributed by atoms with E-state index in [0.717, 1.165) is 13.0 Å². The minimum absolute atomic E-state index is 0.0579. The molecular formula is C7H10O3. The third-order valence-electron chi connectivity index (χ3n) is 2.03. The van der Waals surface area contributed by atoms with Crippen LogP contribution in [0.3, 0.4) is 0 Å². The average molecular weight is 142 g/mol. The van der Waals surface area contributed by atoms with Gasteiger partial charge in [0, 0.05) is 6.42 Å². The number of rotatable bonds is 1. The molecule has 56 valence electrons. The molecule has 0 aromatic rings. The van der Waals surface area contributed by atoms with Crippen molar-refractivity contribution in [2.75, 3.05) is 6.61 Å².